The van der Waals surface area contributed by atoms with Crippen molar-refractivity contribution in [2.45, 2.75) is 32.7 Å². The highest BCUT2D eigenvalue weighted by molar-refractivity contribution is 9.11. The standard InChI is InChI=1S/C15H22BrNO/c1-3-4-5-10-18-15-8-6-14(7-9-15)12-17-11-13(2)16/h6-9,17H,2-5,10-12H2,1H3. The quantitative estimate of drug-likeness (QED) is 0.688. The highest BCUT2D eigenvalue weighted by Gasteiger charge is 1.96. The number of ether oxygens (including phenoxy) is 1. The molecule has 1 rings (SSSR count). The fourth-order valence-corrected chi connectivity index (χ4v) is 1.79. The second kappa shape index (κ2) is 9.17. The van der Waals surface area contributed by atoms with E-state index in [2.05, 4.69) is 46.9 Å². The molecule has 0 aliphatic carbocycles. The maximum absolute atomic E-state index is 5.66. The molecule has 0 atom stereocenters. The minimum absolute atomic E-state index is 0.787. The molecule has 0 amide bonds. The molecule has 1 aromatic rings. The Hall–Kier alpha value is -0.800. The zero-order valence-corrected chi connectivity index (χ0v) is 12.6. The molecule has 0 aliphatic rings. The lowest BCUT2D eigenvalue weighted by Gasteiger charge is -2.07. The van der Waals surface area contributed by atoms with E-state index in [0.29, 0.717) is 0 Å². The molecule has 100 valence electrons. The topological polar surface area (TPSA) is 21.3 Å². The lowest BCUT2D eigenvalue weighted by atomic mass is 10.2. The second-order valence-electron chi connectivity index (χ2n) is 4.32. The largest absolute Gasteiger partial charge is 0.494 e. The Morgan fingerprint density at radius 2 is 2.00 bits per heavy atom. The van der Waals surface area contributed by atoms with Crippen molar-refractivity contribution >= 4 is 15.9 Å². The van der Waals surface area contributed by atoms with E-state index in [1.54, 1.807) is 0 Å². The van der Waals surface area contributed by atoms with Crippen LogP contribution in [0.5, 0.6) is 5.75 Å². The molecule has 0 unspecified atom stereocenters. The molecule has 0 radical (unpaired) electrons. The van der Waals surface area contributed by atoms with Gasteiger partial charge in [0, 0.05) is 17.6 Å². The summed E-state index contributed by atoms with van der Waals surface area (Å²) in [4.78, 5) is 0. The highest BCUT2D eigenvalue weighted by Crippen LogP contribution is 2.13. The lowest BCUT2D eigenvalue weighted by molar-refractivity contribution is 0.306. The van der Waals surface area contributed by atoms with Crippen molar-refractivity contribution in [1.82, 2.24) is 5.32 Å². The van der Waals surface area contributed by atoms with Gasteiger partial charge in [-0.15, -0.1) is 0 Å². The summed E-state index contributed by atoms with van der Waals surface area (Å²) in [5.74, 6) is 0.958. The smallest absolute Gasteiger partial charge is 0.119 e. The van der Waals surface area contributed by atoms with E-state index in [-0.39, 0.29) is 0 Å². The fourth-order valence-electron chi connectivity index (χ4n) is 1.59. The number of hydrogen-bond acceptors (Lipinski definition) is 2. The van der Waals surface area contributed by atoms with E-state index in [0.717, 1.165) is 36.3 Å². The van der Waals surface area contributed by atoms with Gasteiger partial charge in [0.1, 0.15) is 5.75 Å². The average molecular weight is 312 g/mol. The molecule has 0 aliphatic heterocycles. The highest BCUT2D eigenvalue weighted by atomic mass is 79.9. The first-order valence-electron chi connectivity index (χ1n) is 6.48. The van der Waals surface area contributed by atoms with Gasteiger partial charge in [-0.2, -0.15) is 0 Å². The summed E-state index contributed by atoms with van der Waals surface area (Å²) < 4.78 is 6.63. The van der Waals surface area contributed by atoms with Crippen molar-refractivity contribution in [2.24, 2.45) is 0 Å². The molecular formula is C15H22BrNO. The third-order valence-electron chi connectivity index (χ3n) is 2.59. The molecule has 0 bridgehead atoms. The molecule has 1 aromatic carbocycles. The summed E-state index contributed by atoms with van der Waals surface area (Å²) in [6, 6.07) is 8.26. The maximum Gasteiger partial charge on any atom is 0.119 e. The zero-order chi connectivity index (χ0) is 13.2. The van der Waals surface area contributed by atoms with E-state index < -0.39 is 0 Å². The van der Waals surface area contributed by atoms with Gasteiger partial charge in [0.25, 0.3) is 0 Å². The molecule has 3 heteroatoms. The molecule has 0 spiro atoms. The molecule has 2 nitrogen and oxygen atoms in total. The van der Waals surface area contributed by atoms with Gasteiger partial charge >= 0.3 is 0 Å². The predicted octanol–water partition coefficient (Wildman–Crippen LogP) is 4.25. The minimum atomic E-state index is 0.787. The first kappa shape index (κ1) is 15.3. The third kappa shape index (κ3) is 6.82. The van der Waals surface area contributed by atoms with Crippen LogP contribution in [0.3, 0.4) is 0 Å². The fraction of sp³-hybridized carbons (Fsp3) is 0.467. The van der Waals surface area contributed by atoms with Crippen molar-refractivity contribution in [1.29, 1.82) is 0 Å². The van der Waals surface area contributed by atoms with Crippen LogP contribution in [0, 0.1) is 0 Å². The molecule has 18 heavy (non-hydrogen) atoms. The zero-order valence-electron chi connectivity index (χ0n) is 11.0. The van der Waals surface area contributed by atoms with E-state index in [1.165, 1.54) is 18.4 Å². The predicted molar refractivity (Wildman–Crippen MR) is 81.2 cm³/mol. The van der Waals surface area contributed by atoms with Gasteiger partial charge in [-0.05, 0) is 24.1 Å². The van der Waals surface area contributed by atoms with Crippen molar-refractivity contribution < 1.29 is 4.74 Å². The SMILES string of the molecule is C=C(Br)CNCc1ccc(OCCCCC)cc1. The summed E-state index contributed by atoms with van der Waals surface area (Å²) >= 11 is 3.32. The molecular weight excluding hydrogens is 290 g/mol. The number of rotatable bonds is 9. The van der Waals surface area contributed by atoms with Crippen LogP contribution in [-0.4, -0.2) is 13.2 Å². The van der Waals surface area contributed by atoms with Gasteiger partial charge in [0.05, 0.1) is 6.61 Å². The van der Waals surface area contributed by atoms with Crippen LogP contribution in [0.25, 0.3) is 0 Å². The number of unbranched alkanes of at least 4 members (excludes halogenated alkanes) is 2. The number of hydrogen-bond donors (Lipinski definition) is 1. The Kier molecular flexibility index (Phi) is 7.78. The number of benzene rings is 1. The van der Waals surface area contributed by atoms with E-state index in [4.69, 9.17) is 4.74 Å². The van der Waals surface area contributed by atoms with Gasteiger partial charge in [-0.1, -0.05) is 54.4 Å². The summed E-state index contributed by atoms with van der Waals surface area (Å²) in [5, 5.41) is 3.29. The van der Waals surface area contributed by atoms with Crippen molar-refractivity contribution in [2.75, 3.05) is 13.2 Å². The lowest BCUT2D eigenvalue weighted by Crippen LogP contribution is -2.14. The Balaban J connectivity index is 2.26. The average Bonchev–Trinajstić information content (AvgIpc) is 2.36. The number of halogens is 1. The Morgan fingerprint density at radius 3 is 2.61 bits per heavy atom. The molecule has 1 N–H and O–H groups in total. The van der Waals surface area contributed by atoms with Crippen LogP contribution in [0.1, 0.15) is 31.7 Å². The van der Waals surface area contributed by atoms with Crippen molar-refractivity contribution in [3.05, 3.63) is 40.9 Å². The van der Waals surface area contributed by atoms with Gasteiger partial charge in [0.2, 0.25) is 0 Å². The van der Waals surface area contributed by atoms with Crippen molar-refractivity contribution in [3.63, 3.8) is 0 Å². The van der Waals surface area contributed by atoms with Gasteiger partial charge in [0.15, 0.2) is 0 Å². The van der Waals surface area contributed by atoms with Crippen LogP contribution in [0.15, 0.2) is 35.3 Å². The van der Waals surface area contributed by atoms with Gasteiger partial charge in [-0.25, -0.2) is 0 Å². The molecule has 0 saturated heterocycles. The second-order valence-corrected chi connectivity index (χ2v) is 5.44. The van der Waals surface area contributed by atoms with E-state index in [9.17, 15) is 0 Å². The normalized spacial score (nSPS) is 10.3. The maximum atomic E-state index is 5.66. The van der Waals surface area contributed by atoms with Crippen LogP contribution in [0.2, 0.25) is 0 Å². The molecule has 0 aromatic heterocycles. The van der Waals surface area contributed by atoms with Crippen molar-refractivity contribution in [3.8, 4) is 5.75 Å². The first-order chi connectivity index (χ1) is 8.72. The summed E-state index contributed by atoms with van der Waals surface area (Å²) in [5.41, 5.74) is 1.25. The number of nitrogens with one attached hydrogen (secondary N) is 1. The summed E-state index contributed by atoms with van der Waals surface area (Å²) in [7, 11) is 0. The Bertz CT molecular complexity index is 348. The minimum Gasteiger partial charge on any atom is -0.494 e. The van der Waals surface area contributed by atoms with E-state index >= 15 is 0 Å². The third-order valence-corrected chi connectivity index (χ3v) is 2.87. The Labute approximate surface area is 119 Å². The molecule has 0 saturated carbocycles. The summed E-state index contributed by atoms with van der Waals surface area (Å²) in [6.07, 6.45) is 3.60. The first-order valence-corrected chi connectivity index (χ1v) is 7.27. The summed E-state index contributed by atoms with van der Waals surface area (Å²) in [6.45, 7) is 8.43. The molecule has 0 heterocycles. The van der Waals surface area contributed by atoms with E-state index in [1.807, 2.05) is 12.1 Å². The monoisotopic (exact) mass is 311 g/mol. The Morgan fingerprint density at radius 1 is 1.28 bits per heavy atom. The molecule has 0 fully saturated rings. The van der Waals surface area contributed by atoms with Crippen LogP contribution in [-0.2, 0) is 6.54 Å². The van der Waals surface area contributed by atoms with Gasteiger partial charge in [-0.3, -0.25) is 0 Å². The van der Waals surface area contributed by atoms with Crippen LogP contribution < -0.4 is 10.1 Å². The van der Waals surface area contributed by atoms with Crippen LogP contribution in [0.4, 0.5) is 0 Å². The van der Waals surface area contributed by atoms with Crippen LogP contribution >= 0.6 is 15.9 Å². The van der Waals surface area contributed by atoms with Gasteiger partial charge < -0.3 is 10.1 Å².